The Bertz CT molecular complexity index is 1010. The maximum atomic E-state index is 8.82. The quantitative estimate of drug-likeness (QED) is 0.475. The van der Waals surface area contributed by atoms with Crippen LogP contribution in [0.4, 0.5) is 0 Å². The first-order valence-corrected chi connectivity index (χ1v) is 12.8. The summed E-state index contributed by atoms with van der Waals surface area (Å²) in [5, 5.41) is 1.34. The van der Waals surface area contributed by atoms with Gasteiger partial charge in [-0.3, -0.25) is 0 Å². The Labute approximate surface area is 170 Å². The van der Waals surface area contributed by atoms with Gasteiger partial charge in [0.2, 0.25) is 5.69 Å². The van der Waals surface area contributed by atoms with Gasteiger partial charge in [-0.1, -0.05) is 71.0 Å². The van der Waals surface area contributed by atoms with Crippen molar-refractivity contribution in [3.63, 3.8) is 0 Å². The van der Waals surface area contributed by atoms with Gasteiger partial charge < -0.3 is 0 Å². The molecule has 0 saturated carbocycles. The van der Waals surface area contributed by atoms with E-state index < -0.39 is 32.6 Å². The maximum Gasteiger partial charge on any atom is 0.212 e. The molecule has 2 rings (SSSR count). The van der Waals surface area contributed by atoms with Crippen LogP contribution >= 0.6 is 0 Å². The molecule has 0 aliphatic carbocycles. The summed E-state index contributed by atoms with van der Waals surface area (Å²) in [6.07, 6.45) is -4.79. The van der Waals surface area contributed by atoms with Crippen molar-refractivity contribution in [1.82, 2.24) is 0 Å². The summed E-state index contributed by atoms with van der Waals surface area (Å²) < 4.78 is 53.1. The molecule has 0 N–H and O–H groups in total. The smallest absolute Gasteiger partial charge is 0.201 e. The average Bonchev–Trinajstić information content (AvgIpc) is 2.58. The van der Waals surface area contributed by atoms with Crippen molar-refractivity contribution >= 4 is 13.3 Å². The molecule has 0 radical (unpaired) electrons. The summed E-state index contributed by atoms with van der Waals surface area (Å²) in [4.78, 5) is 0. The fraction of sp³-hybridized carbons (Fsp3) is 0.542. The van der Waals surface area contributed by atoms with Crippen molar-refractivity contribution in [3.8, 4) is 11.3 Å². The lowest BCUT2D eigenvalue weighted by atomic mass is 9.85. The van der Waals surface area contributed by atoms with E-state index in [0.717, 1.165) is 16.8 Å². The first-order valence-electron chi connectivity index (χ1n) is 12.3. The van der Waals surface area contributed by atoms with Crippen LogP contribution in [0, 0.1) is 12.3 Å². The molecule has 0 aliphatic heterocycles. The number of rotatable bonds is 5. The van der Waals surface area contributed by atoms with Gasteiger partial charge in [-0.05, 0) is 42.3 Å². The summed E-state index contributed by atoms with van der Waals surface area (Å²) in [6.45, 7) is 15.5. The Hall–Kier alpha value is -1.41. The fourth-order valence-corrected chi connectivity index (χ4v) is 4.31. The first-order chi connectivity index (χ1) is 14.1. The second-order valence-electron chi connectivity index (χ2n) is 9.13. The van der Waals surface area contributed by atoms with Crippen molar-refractivity contribution in [2.75, 3.05) is 0 Å². The monoisotopic (exact) mass is 374 g/mol. The van der Waals surface area contributed by atoms with Crippen LogP contribution in [0.1, 0.15) is 59.0 Å². The molecule has 2 aromatic rings. The fourth-order valence-electron chi connectivity index (χ4n) is 3.08. The van der Waals surface area contributed by atoms with Crippen molar-refractivity contribution in [3.05, 3.63) is 47.2 Å². The topological polar surface area (TPSA) is 3.88 Å². The molecule has 26 heavy (non-hydrogen) atoms. The Morgan fingerprint density at radius 3 is 2.23 bits per heavy atom. The van der Waals surface area contributed by atoms with Crippen molar-refractivity contribution in [2.24, 2.45) is 12.5 Å². The maximum absolute atomic E-state index is 8.82. The number of hydrogen-bond acceptors (Lipinski definition) is 0. The lowest BCUT2D eigenvalue weighted by molar-refractivity contribution is -0.660. The van der Waals surface area contributed by atoms with Gasteiger partial charge in [-0.15, -0.1) is 0 Å². The first kappa shape index (κ1) is 13.7. The van der Waals surface area contributed by atoms with Gasteiger partial charge in [0, 0.05) is 25.4 Å². The molecule has 1 heterocycles. The molecule has 0 atom stereocenters. The molecule has 2 heteroatoms. The minimum Gasteiger partial charge on any atom is -0.201 e. The molecule has 0 bridgehead atoms. The van der Waals surface area contributed by atoms with E-state index in [9.17, 15) is 0 Å². The molecule has 0 saturated heterocycles. The highest BCUT2D eigenvalue weighted by Gasteiger charge is 2.22. The lowest BCUT2D eigenvalue weighted by Gasteiger charge is -2.21. The number of hydrogen-bond donors (Lipinski definition) is 0. The number of pyridine rings is 1. The molecular formula is C24H38NSi+. The minimum absolute atomic E-state index is 0.0618. The Morgan fingerprint density at radius 2 is 1.73 bits per heavy atom. The van der Waals surface area contributed by atoms with Crippen LogP contribution in [0.2, 0.25) is 19.6 Å². The third-order valence-corrected chi connectivity index (χ3v) is 6.45. The van der Waals surface area contributed by atoms with Crippen LogP contribution in [0.15, 0.2) is 30.5 Å². The van der Waals surface area contributed by atoms with Gasteiger partial charge >= 0.3 is 0 Å². The van der Waals surface area contributed by atoms with Crippen LogP contribution < -0.4 is 9.75 Å². The second kappa shape index (κ2) is 7.68. The zero-order valence-corrected chi connectivity index (χ0v) is 18.8. The number of aromatic nitrogens is 1. The van der Waals surface area contributed by atoms with Gasteiger partial charge in [0.15, 0.2) is 6.20 Å². The normalized spacial score (nSPS) is 17.6. The van der Waals surface area contributed by atoms with E-state index in [2.05, 4.69) is 37.8 Å². The van der Waals surface area contributed by atoms with Crippen molar-refractivity contribution < 1.29 is 12.8 Å². The zero-order chi connectivity index (χ0) is 25.1. The molecule has 1 aromatic carbocycles. The third-order valence-electron chi connectivity index (χ3n) is 4.41. The Balaban J connectivity index is 2.90. The van der Waals surface area contributed by atoms with Crippen LogP contribution in [-0.4, -0.2) is 8.07 Å². The van der Waals surface area contributed by atoms with Crippen LogP contribution in [-0.2, 0) is 19.8 Å². The van der Waals surface area contributed by atoms with Crippen molar-refractivity contribution in [2.45, 2.75) is 73.4 Å². The summed E-state index contributed by atoms with van der Waals surface area (Å²) in [7, 11) is 0.348. The predicted octanol–water partition coefficient (Wildman–Crippen LogP) is 5.57. The third kappa shape index (κ3) is 5.06. The molecule has 0 spiro atoms. The van der Waals surface area contributed by atoms with E-state index in [1.807, 2.05) is 18.5 Å². The molecule has 0 fully saturated rings. The van der Waals surface area contributed by atoms with E-state index in [1.54, 1.807) is 33.0 Å². The molecule has 0 unspecified atom stereocenters. The SMILES string of the molecule is [2H]C([2H])(C)C([2H])([2H])c1cc(-c2ccc([Si](C)(C)C)cc2C)[n+](C)cc1C([2H])([2H])C(C)(C)C. The lowest BCUT2D eigenvalue weighted by Crippen LogP contribution is -2.38. The van der Waals surface area contributed by atoms with Crippen molar-refractivity contribution in [1.29, 1.82) is 0 Å². The van der Waals surface area contributed by atoms with Gasteiger partial charge in [0.1, 0.15) is 7.05 Å². The molecule has 0 aliphatic rings. The van der Waals surface area contributed by atoms with E-state index >= 15 is 0 Å². The van der Waals surface area contributed by atoms with E-state index in [-0.39, 0.29) is 11.1 Å². The average molecular weight is 375 g/mol. The Kier molecular flexibility index (Phi) is 4.05. The van der Waals surface area contributed by atoms with E-state index in [1.165, 1.54) is 12.1 Å². The number of nitrogens with zero attached hydrogens (tertiary/aromatic N) is 1. The van der Waals surface area contributed by atoms with Crippen LogP contribution in [0.25, 0.3) is 11.3 Å². The summed E-state index contributed by atoms with van der Waals surface area (Å²) >= 11 is 0. The minimum atomic E-state index is -2.38. The number of aryl methyl sites for hydroxylation is 3. The molecular weight excluding hydrogens is 330 g/mol. The molecule has 142 valence electrons. The largest absolute Gasteiger partial charge is 0.212 e. The summed E-state index contributed by atoms with van der Waals surface area (Å²) in [6, 6.07) is 8.02. The molecule has 1 nitrogen and oxygen atoms in total. The summed E-state index contributed by atoms with van der Waals surface area (Å²) in [5.74, 6) is 0. The molecule has 0 amide bonds. The standard InChI is InChI=1S/C24H38NSi/c1-10-11-19-15-23(25(6)17-20(19)16-24(3,4)5)22-13-12-21(14-18(22)2)26(7,8)9/h12-15,17H,10-11,16H2,1-9H3/q+1/i10D2,11D2,16D2. The highest BCUT2D eigenvalue weighted by atomic mass is 28.3. The van der Waals surface area contributed by atoms with Gasteiger partial charge in [0.25, 0.3) is 0 Å². The highest BCUT2D eigenvalue weighted by molar-refractivity contribution is 6.88. The van der Waals surface area contributed by atoms with Gasteiger partial charge in [0.05, 0.1) is 8.07 Å². The van der Waals surface area contributed by atoms with Crippen LogP contribution in [0.3, 0.4) is 0 Å². The Morgan fingerprint density at radius 1 is 1.08 bits per heavy atom. The predicted molar refractivity (Wildman–Crippen MR) is 118 cm³/mol. The van der Waals surface area contributed by atoms with E-state index in [4.69, 9.17) is 8.22 Å². The van der Waals surface area contributed by atoms with Gasteiger partial charge in [-0.25, -0.2) is 4.57 Å². The molecule has 1 aromatic heterocycles. The second-order valence-corrected chi connectivity index (χ2v) is 14.2. The van der Waals surface area contributed by atoms with E-state index in [0.29, 0.717) is 0 Å². The highest BCUT2D eigenvalue weighted by Crippen LogP contribution is 2.27. The number of benzene rings is 1. The zero-order valence-electron chi connectivity index (χ0n) is 23.8. The van der Waals surface area contributed by atoms with Crippen LogP contribution in [0.5, 0.6) is 0 Å². The van der Waals surface area contributed by atoms with Gasteiger partial charge in [-0.2, -0.15) is 0 Å². The summed E-state index contributed by atoms with van der Waals surface area (Å²) in [5.41, 5.74) is 2.18.